The summed E-state index contributed by atoms with van der Waals surface area (Å²) < 4.78 is 5.89. The molecular formula is C19H24O. The highest BCUT2D eigenvalue weighted by Gasteiger charge is 2.06. The molecule has 1 heteroatoms. The van der Waals surface area contributed by atoms with E-state index in [2.05, 4.69) is 69.3 Å². The Labute approximate surface area is 122 Å². The van der Waals surface area contributed by atoms with Gasteiger partial charge in [0.25, 0.3) is 0 Å². The number of benzene rings is 2. The minimum atomic E-state index is 0.532. The van der Waals surface area contributed by atoms with Crippen LogP contribution in [0.15, 0.2) is 54.6 Å². The van der Waals surface area contributed by atoms with Crippen molar-refractivity contribution in [3.05, 3.63) is 65.7 Å². The summed E-state index contributed by atoms with van der Waals surface area (Å²) in [5, 5.41) is 0. The van der Waals surface area contributed by atoms with Crippen LogP contribution in [0.25, 0.3) is 0 Å². The third kappa shape index (κ3) is 4.12. The summed E-state index contributed by atoms with van der Waals surface area (Å²) in [6.45, 7) is 7.42. The maximum Gasteiger partial charge on any atom is 0.119 e. The fourth-order valence-electron chi connectivity index (χ4n) is 2.27. The predicted octanol–water partition coefficient (Wildman–Crippen LogP) is 5.38. The van der Waals surface area contributed by atoms with E-state index in [9.17, 15) is 0 Å². The summed E-state index contributed by atoms with van der Waals surface area (Å²) in [5.74, 6) is 2.06. The summed E-state index contributed by atoms with van der Waals surface area (Å²) >= 11 is 0. The number of rotatable bonds is 6. The Hall–Kier alpha value is -1.76. The van der Waals surface area contributed by atoms with Gasteiger partial charge in [0, 0.05) is 0 Å². The van der Waals surface area contributed by atoms with Crippen LogP contribution < -0.4 is 4.74 Å². The molecule has 1 unspecified atom stereocenters. The lowest BCUT2D eigenvalue weighted by Gasteiger charge is -2.14. The van der Waals surface area contributed by atoms with Crippen LogP contribution in [0, 0.1) is 0 Å². The third-order valence-corrected chi connectivity index (χ3v) is 3.71. The molecule has 1 nitrogen and oxygen atoms in total. The summed E-state index contributed by atoms with van der Waals surface area (Å²) in [6.07, 6.45) is 1.04. The molecule has 0 N–H and O–H groups in total. The van der Waals surface area contributed by atoms with Crippen LogP contribution in [0.2, 0.25) is 0 Å². The molecule has 0 amide bonds. The van der Waals surface area contributed by atoms with Gasteiger partial charge >= 0.3 is 0 Å². The van der Waals surface area contributed by atoms with Gasteiger partial charge in [0.1, 0.15) is 5.75 Å². The van der Waals surface area contributed by atoms with Crippen LogP contribution >= 0.6 is 0 Å². The summed E-state index contributed by atoms with van der Waals surface area (Å²) in [5.41, 5.74) is 2.71. The van der Waals surface area contributed by atoms with E-state index in [-0.39, 0.29) is 0 Å². The largest absolute Gasteiger partial charge is 0.494 e. The van der Waals surface area contributed by atoms with E-state index in [1.165, 1.54) is 11.1 Å². The van der Waals surface area contributed by atoms with Gasteiger partial charge in [-0.15, -0.1) is 0 Å². The second-order valence-corrected chi connectivity index (χ2v) is 5.68. The number of ether oxygens (including phenoxy) is 1. The van der Waals surface area contributed by atoms with E-state index in [1.54, 1.807) is 0 Å². The van der Waals surface area contributed by atoms with Crippen molar-refractivity contribution in [3.8, 4) is 5.75 Å². The van der Waals surface area contributed by atoms with Crippen molar-refractivity contribution in [2.24, 2.45) is 0 Å². The van der Waals surface area contributed by atoms with E-state index in [0.29, 0.717) is 11.8 Å². The zero-order valence-corrected chi connectivity index (χ0v) is 12.7. The lowest BCUT2D eigenvalue weighted by atomic mass is 9.98. The Morgan fingerprint density at radius 2 is 1.55 bits per heavy atom. The molecule has 0 heterocycles. The van der Waals surface area contributed by atoms with Crippen LogP contribution in [0.3, 0.4) is 0 Å². The molecule has 20 heavy (non-hydrogen) atoms. The molecule has 2 aromatic carbocycles. The first-order valence-corrected chi connectivity index (χ1v) is 7.44. The standard InChI is InChI=1S/C19H24O/c1-15(2)18-10-7-11-19(14-18)20-13-12-16(3)17-8-5-4-6-9-17/h4-11,14-16H,12-13H2,1-3H3. The Balaban J connectivity index is 1.85. The van der Waals surface area contributed by atoms with Crippen molar-refractivity contribution in [3.63, 3.8) is 0 Å². The highest BCUT2D eigenvalue weighted by Crippen LogP contribution is 2.22. The van der Waals surface area contributed by atoms with Gasteiger partial charge in [0.15, 0.2) is 0 Å². The highest BCUT2D eigenvalue weighted by molar-refractivity contribution is 5.30. The molecule has 0 radical (unpaired) electrons. The van der Waals surface area contributed by atoms with Crippen LogP contribution in [-0.4, -0.2) is 6.61 Å². The smallest absolute Gasteiger partial charge is 0.119 e. The second kappa shape index (κ2) is 7.14. The minimum absolute atomic E-state index is 0.532. The second-order valence-electron chi connectivity index (χ2n) is 5.68. The van der Waals surface area contributed by atoms with Gasteiger partial charge in [0.05, 0.1) is 6.61 Å². The molecule has 0 fully saturated rings. The maximum atomic E-state index is 5.89. The first-order valence-electron chi connectivity index (χ1n) is 7.44. The molecule has 106 valence electrons. The molecule has 0 aliphatic carbocycles. The topological polar surface area (TPSA) is 9.23 Å². The summed E-state index contributed by atoms with van der Waals surface area (Å²) in [6, 6.07) is 19.0. The molecule has 2 rings (SSSR count). The SMILES string of the molecule is CC(C)c1cccc(OCCC(C)c2ccccc2)c1. The molecule has 2 aromatic rings. The normalized spacial score (nSPS) is 12.4. The van der Waals surface area contributed by atoms with E-state index in [1.807, 2.05) is 6.07 Å². The molecule has 0 spiro atoms. The molecule has 0 aromatic heterocycles. The fraction of sp³-hybridized carbons (Fsp3) is 0.368. The zero-order chi connectivity index (χ0) is 14.4. The van der Waals surface area contributed by atoms with E-state index < -0.39 is 0 Å². The lowest BCUT2D eigenvalue weighted by Crippen LogP contribution is -2.03. The Morgan fingerprint density at radius 1 is 0.850 bits per heavy atom. The van der Waals surface area contributed by atoms with Crippen molar-refractivity contribution in [2.75, 3.05) is 6.61 Å². The zero-order valence-electron chi connectivity index (χ0n) is 12.7. The van der Waals surface area contributed by atoms with Gasteiger partial charge < -0.3 is 4.74 Å². The van der Waals surface area contributed by atoms with E-state index >= 15 is 0 Å². The molecule has 0 saturated heterocycles. The fourth-order valence-corrected chi connectivity index (χ4v) is 2.27. The van der Waals surface area contributed by atoms with Crippen LogP contribution in [0.1, 0.15) is 50.2 Å². The minimum Gasteiger partial charge on any atom is -0.494 e. The maximum absolute atomic E-state index is 5.89. The number of hydrogen-bond donors (Lipinski definition) is 0. The van der Waals surface area contributed by atoms with Crippen LogP contribution in [0.5, 0.6) is 5.75 Å². The van der Waals surface area contributed by atoms with Crippen LogP contribution in [-0.2, 0) is 0 Å². The summed E-state index contributed by atoms with van der Waals surface area (Å²) in [7, 11) is 0. The van der Waals surface area contributed by atoms with Gasteiger partial charge in [-0.25, -0.2) is 0 Å². The molecule has 0 aliphatic rings. The molecule has 0 saturated carbocycles. The summed E-state index contributed by atoms with van der Waals surface area (Å²) in [4.78, 5) is 0. The molecule has 1 atom stereocenters. The first kappa shape index (κ1) is 14.6. The van der Waals surface area contributed by atoms with Crippen molar-refractivity contribution < 1.29 is 4.74 Å². The van der Waals surface area contributed by atoms with Crippen molar-refractivity contribution >= 4 is 0 Å². The van der Waals surface area contributed by atoms with Gasteiger partial charge in [0.2, 0.25) is 0 Å². The molecule has 0 bridgehead atoms. The van der Waals surface area contributed by atoms with Gasteiger partial charge in [-0.05, 0) is 41.5 Å². The van der Waals surface area contributed by atoms with E-state index in [0.717, 1.165) is 18.8 Å². The average molecular weight is 268 g/mol. The number of hydrogen-bond acceptors (Lipinski definition) is 1. The first-order chi connectivity index (χ1) is 9.66. The molecule has 0 aliphatic heterocycles. The molecular weight excluding hydrogens is 244 g/mol. The lowest BCUT2D eigenvalue weighted by molar-refractivity contribution is 0.300. The van der Waals surface area contributed by atoms with Gasteiger partial charge in [-0.1, -0.05) is 63.2 Å². The Bertz CT molecular complexity index is 516. The van der Waals surface area contributed by atoms with Crippen molar-refractivity contribution in [1.29, 1.82) is 0 Å². The Morgan fingerprint density at radius 3 is 2.25 bits per heavy atom. The quantitative estimate of drug-likeness (QED) is 0.683. The van der Waals surface area contributed by atoms with E-state index in [4.69, 9.17) is 4.74 Å². The third-order valence-electron chi connectivity index (χ3n) is 3.71. The van der Waals surface area contributed by atoms with Crippen molar-refractivity contribution in [2.45, 2.75) is 39.0 Å². The predicted molar refractivity (Wildman–Crippen MR) is 85.5 cm³/mol. The van der Waals surface area contributed by atoms with Crippen molar-refractivity contribution in [1.82, 2.24) is 0 Å². The highest BCUT2D eigenvalue weighted by atomic mass is 16.5. The average Bonchev–Trinajstić information content (AvgIpc) is 2.48. The monoisotopic (exact) mass is 268 g/mol. The van der Waals surface area contributed by atoms with Gasteiger partial charge in [-0.2, -0.15) is 0 Å². The van der Waals surface area contributed by atoms with Crippen LogP contribution in [0.4, 0.5) is 0 Å². The Kier molecular flexibility index (Phi) is 5.23. The van der Waals surface area contributed by atoms with Gasteiger partial charge in [-0.3, -0.25) is 0 Å².